The second-order valence-electron chi connectivity index (χ2n) is 3.96. The Morgan fingerprint density at radius 1 is 1.18 bits per heavy atom. The van der Waals surface area contributed by atoms with E-state index >= 15 is 0 Å². The lowest BCUT2D eigenvalue weighted by Gasteiger charge is -2.18. The van der Waals surface area contributed by atoms with Crippen molar-refractivity contribution < 1.29 is 13.5 Å². The van der Waals surface area contributed by atoms with Crippen LogP contribution in [0.3, 0.4) is 0 Å². The van der Waals surface area contributed by atoms with Gasteiger partial charge in [0.1, 0.15) is 23.5 Å². The Labute approximate surface area is 101 Å². The molecule has 0 heterocycles. The van der Waals surface area contributed by atoms with Crippen molar-refractivity contribution in [3.63, 3.8) is 0 Å². The molecule has 2 nitrogen and oxygen atoms in total. The molecule has 0 spiro atoms. The summed E-state index contributed by atoms with van der Waals surface area (Å²) >= 11 is 0. The van der Waals surface area contributed by atoms with E-state index in [1.807, 2.05) is 6.92 Å². The molecule has 0 aliphatic heterocycles. The van der Waals surface area contributed by atoms with Crippen LogP contribution >= 0.6 is 0 Å². The molecule has 1 unspecified atom stereocenters. The summed E-state index contributed by atoms with van der Waals surface area (Å²) in [5.41, 5.74) is 0. The number of halogens is 2. The number of ether oxygens (including phenoxy) is 1. The third-order valence-electron chi connectivity index (χ3n) is 2.39. The van der Waals surface area contributed by atoms with E-state index in [9.17, 15) is 8.78 Å². The minimum Gasteiger partial charge on any atom is -0.489 e. The van der Waals surface area contributed by atoms with Gasteiger partial charge in [-0.3, -0.25) is 0 Å². The van der Waals surface area contributed by atoms with Crippen molar-refractivity contribution in [3.8, 4) is 5.75 Å². The van der Waals surface area contributed by atoms with Gasteiger partial charge in [-0.1, -0.05) is 13.8 Å². The highest BCUT2D eigenvalue weighted by Crippen LogP contribution is 2.17. The van der Waals surface area contributed by atoms with Crippen LogP contribution in [0.2, 0.25) is 0 Å². The van der Waals surface area contributed by atoms with E-state index < -0.39 is 11.6 Å². The molecule has 17 heavy (non-hydrogen) atoms. The van der Waals surface area contributed by atoms with Crippen LogP contribution in [0.4, 0.5) is 8.78 Å². The highest BCUT2D eigenvalue weighted by Gasteiger charge is 2.09. The monoisotopic (exact) mass is 243 g/mol. The zero-order chi connectivity index (χ0) is 12.7. The lowest BCUT2D eigenvalue weighted by atomic mass is 10.2. The van der Waals surface area contributed by atoms with Crippen LogP contribution in [0.15, 0.2) is 18.2 Å². The van der Waals surface area contributed by atoms with Crippen LogP contribution in [0.5, 0.6) is 5.75 Å². The maximum Gasteiger partial charge on any atom is 0.129 e. The maximum absolute atomic E-state index is 13.0. The Morgan fingerprint density at radius 3 is 2.35 bits per heavy atom. The molecular formula is C13H19F2NO. The predicted molar refractivity (Wildman–Crippen MR) is 64.2 cm³/mol. The van der Waals surface area contributed by atoms with E-state index in [1.165, 1.54) is 12.1 Å². The molecule has 1 aromatic carbocycles. The number of hydrogen-bond acceptors (Lipinski definition) is 2. The molecule has 0 fully saturated rings. The van der Waals surface area contributed by atoms with E-state index in [-0.39, 0.29) is 11.9 Å². The average Bonchev–Trinajstić information content (AvgIpc) is 2.26. The largest absolute Gasteiger partial charge is 0.489 e. The van der Waals surface area contributed by atoms with Gasteiger partial charge >= 0.3 is 0 Å². The number of benzene rings is 1. The Balaban J connectivity index is 2.54. The van der Waals surface area contributed by atoms with Crippen molar-refractivity contribution in [1.82, 2.24) is 5.32 Å². The van der Waals surface area contributed by atoms with Crippen LogP contribution in [-0.2, 0) is 0 Å². The Kier molecular flexibility index (Phi) is 5.91. The molecule has 0 amide bonds. The average molecular weight is 243 g/mol. The molecule has 0 radical (unpaired) electrons. The van der Waals surface area contributed by atoms with Crippen molar-refractivity contribution >= 4 is 0 Å². The predicted octanol–water partition coefficient (Wildman–Crippen LogP) is 3.12. The summed E-state index contributed by atoms with van der Waals surface area (Å²) in [6.45, 7) is 5.66. The third kappa shape index (κ3) is 5.13. The van der Waals surface area contributed by atoms with Gasteiger partial charge in [0.15, 0.2) is 0 Å². The summed E-state index contributed by atoms with van der Waals surface area (Å²) in [7, 11) is 0. The van der Waals surface area contributed by atoms with Crippen LogP contribution in [0, 0.1) is 11.6 Å². The molecule has 0 saturated carbocycles. The lowest BCUT2D eigenvalue weighted by Crippen LogP contribution is -2.31. The van der Waals surface area contributed by atoms with Gasteiger partial charge in [0.25, 0.3) is 0 Å². The fourth-order valence-electron chi connectivity index (χ4n) is 1.50. The summed E-state index contributed by atoms with van der Waals surface area (Å²) in [5.74, 6) is -0.986. The van der Waals surface area contributed by atoms with E-state index in [2.05, 4.69) is 12.2 Å². The van der Waals surface area contributed by atoms with Crippen LogP contribution in [-0.4, -0.2) is 19.2 Å². The third-order valence-corrected chi connectivity index (χ3v) is 2.39. The van der Waals surface area contributed by atoms with E-state index in [0.29, 0.717) is 6.54 Å². The summed E-state index contributed by atoms with van der Waals surface area (Å²) in [6.07, 6.45) is 1.77. The van der Waals surface area contributed by atoms with Crippen LogP contribution in [0.1, 0.15) is 26.7 Å². The van der Waals surface area contributed by atoms with Crippen LogP contribution < -0.4 is 10.1 Å². The normalized spacial score (nSPS) is 12.5. The highest BCUT2D eigenvalue weighted by atomic mass is 19.1. The van der Waals surface area contributed by atoms with Gasteiger partial charge in [0.05, 0.1) is 0 Å². The molecule has 1 atom stereocenters. The Morgan fingerprint density at radius 2 is 1.82 bits per heavy atom. The summed E-state index contributed by atoms with van der Waals surface area (Å²) in [5, 5.41) is 3.22. The Hall–Kier alpha value is -1.16. The quantitative estimate of drug-likeness (QED) is 0.743. The van der Waals surface area contributed by atoms with E-state index in [0.717, 1.165) is 25.5 Å². The zero-order valence-corrected chi connectivity index (χ0v) is 10.3. The second kappa shape index (κ2) is 7.22. The molecule has 0 aliphatic carbocycles. The number of rotatable bonds is 7. The first-order valence-electron chi connectivity index (χ1n) is 5.99. The van der Waals surface area contributed by atoms with Crippen molar-refractivity contribution in [2.45, 2.75) is 32.8 Å². The number of hydrogen-bond donors (Lipinski definition) is 1. The molecular weight excluding hydrogens is 224 g/mol. The highest BCUT2D eigenvalue weighted by molar-refractivity contribution is 5.24. The molecule has 0 saturated heterocycles. The molecule has 1 rings (SSSR count). The van der Waals surface area contributed by atoms with E-state index in [4.69, 9.17) is 4.74 Å². The fraction of sp³-hybridized carbons (Fsp3) is 0.538. The summed E-state index contributed by atoms with van der Waals surface area (Å²) < 4.78 is 31.4. The van der Waals surface area contributed by atoms with E-state index in [1.54, 1.807) is 0 Å². The van der Waals surface area contributed by atoms with Crippen LogP contribution in [0.25, 0.3) is 0 Å². The first-order valence-corrected chi connectivity index (χ1v) is 5.99. The van der Waals surface area contributed by atoms with Gasteiger partial charge < -0.3 is 10.1 Å². The summed E-state index contributed by atoms with van der Waals surface area (Å²) in [4.78, 5) is 0. The lowest BCUT2D eigenvalue weighted by molar-refractivity contribution is 0.192. The van der Waals surface area contributed by atoms with Crippen molar-refractivity contribution in [3.05, 3.63) is 29.8 Å². The minimum absolute atomic E-state index is 0.0669. The summed E-state index contributed by atoms with van der Waals surface area (Å²) in [6, 6.07) is 3.24. The SMILES string of the molecule is CCCNCC(CC)Oc1cc(F)cc(F)c1. The van der Waals surface area contributed by atoms with Gasteiger partial charge in [0.2, 0.25) is 0 Å². The van der Waals surface area contributed by atoms with Gasteiger partial charge in [-0.25, -0.2) is 8.78 Å². The Bertz CT molecular complexity index is 324. The van der Waals surface area contributed by atoms with Gasteiger partial charge in [0, 0.05) is 24.7 Å². The molecule has 1 aromatic rings. The first kappa shape index (κ1) is 13.9. The molecule has 96 valence electrons. The fourth-order valence-corrected chi connectivity index (χ4v) is 1.50. The zero-order valence-electron chi connectivity index (χ0n) is 10.3. The minimum atomic E-state index is -0.614. The maximum atomic E-state index is 13.0. The van der Waals surface area contributed by atoms with Crippen molar-refractivity contribution in [2.24, 2.45) is 0 Å². The molecule has 4 heteroatoms. The smallest absolute Gasteiger partial charge is 0.129 e. The van der Waals surface area contributed by atoms with Crippen molar-refractivity contribution in [2.75, 3.05) is 13.1 Å². The van der Waals surface area contributed by atoms with Gasteiger partial charge in [-0.15, -0.1) is 0 Å². The first-order chi connectivity index (χ1) is 8.15. The molecule has 0 aliphatic rings. The topological polar surface area (TPSA) is 21.3 Å². The molecule has 1 N–H and O–H groups in total. The van der Waals surface area contributed by atoms with Crippen molar-refractivity contribution in [1.29, 1.82) is 0 Å². The number of nitrogens with one attached hydrogen (secondary N) is 1. The van der Waals surface area contributed by atoms with Gasteiger partial charge in [-0.2, -0.15) is 0 Å². The molecule has 0 bridgehead atoms. The standard InChI is InChI=1S/C13H19F2NO/c1-3-5-16-9-12(4-2)17-13-7-10(14)6-11(15)8-13/h6-8,12,16H,3-5,9H2,1-2H3. The van der Waals surface area contributed by atoms with Gasteiger partial charge in [-0.05, 0) is 19.4 Å². The molecule has 0 aromatic heterocycles. The second-order valence-corrected chi connectivity index (χ2v) is 3.96.